The van der Waals surface area contributed by atoms with Crippen LogP contribution < -0.4 is 10.6 Å². The fraction of sp³-hybridized carbons (Fsp3) is 0.357. The standard InChI is InChI=1S/C14H17ClN4O2/c1-4-16-11-6-5-10(15)12(19-11)13(20)18-9(3)14-17-7-8(2)21-14/h5-7,9H,4H2,1-3H3,(H,16,19)(H,18,20). The van der Waals surface area contributed by atoms with Crippen molar-refractivity contribution >= 4 is 23.3 Å². The van der Waals surface area contributed by atoms with E-state index in [4.69, 9.17) is 16.0 Å². The molecule has 0 saturated carbocycles. The number of pyridine rings is 1. The first-order valence-corrected chi connectivity index (χ1v) is 7.02. The second kappa shape index (κ2) is 6.58. The molecule has 1 atom stereocenters. The van der Waals surface area contributed by atoms with Crippen LogP contribution in [0.3, 0.4) is 0 Å². The fourth-order valence-electron chi connectivity index (χ4n) is 1.78. The van der Waals surface area contributed by atoms with E-state index in [0.717, 1.165) is 0 Å². The molecule has 2 aromatic rings. The first kappa shape index (κ1) is 15.3. The normalized spacial score (nSPS) is 12.0. The molecule has 0 aliphatic carbocycles. The SMILES string of the molecule is CCNc1ccc(Cl)c(C(=O)NC(C)c2ncc(C)o2)n1. The van der Waals surface area contributed by atoms with Crippen molar-refractivity contribution in [3.05, 3.63) is 40.7 Å². The van der Waals surface area contributed by atoms with E-state index in [0.29, 0.717) is 29.0 Å². The minimum absolute atomic E-state index is 0.172. The van der Waals surface area contributed by atoms with Crippen molar-refractivity contribution in [3.8, 4) is 0 Å². The highest BCUT2D eigenvalue weighted by atomic mass is 35.5. The molecule has 1 amide bonds. The molecule has 0 saturated heterocycles. The summed E-state index contributed by atoms with van der Waals surface area (Å²) in [6.07, 6.45) is 1.61. The van der Waals surface area contributed by atoms with Gasteiger partial charge in [-0.15, -0.1) is 0 Å². The summed E-state index contributed by atoms with van der Waals surface area (Å²) in [7, 11) is 0. The van der Waals surface area contributed by atoms with E-state index in [1.807, 2.05) is 6.92 Å². The number of anilines is 1. The van der Waals surface area contributed by atoms with Crippen LogP contribution in [0.5, 0.6) is 0 Å². The van der Waals surface area contributed by atoms with Crippen molar-refractivity contribution in [1.82, 2.24) is 15.3 Å². The van der Waals surface area contributed by atoms with Gasteiger partial charge in [-0.05, 0) is 32.9 Å². The molecule has 2 N–H and O–H groups in total. The summed E-state index contributed by atoms with van der Waals surface area (Å²) < 4.78 is 5.38. The zero-order chi connectivity index (χ0) is 15.4. The summed E-state index contributed by atoms with van der Waals surface area (Å²) in [5.41, 5.74) is 0.172. The Morgan fingerprint density at radius 1 is 1.48 bits per heavy atom. The first-order chi connectivity index (χ1) is 10.0. The molecule has 0 aliphatic rings. The number of carbonyl (C=O) groups is 1. The molecule has 0 spiro atoms. The van der Waals surface area contributed by atoms with Crippen molar-refractivity contribution in [2.24, 2.45) is 0 Å². The predicted octanol–water partition coefficient (Wildman–Crippen LogP) is 2.95. The van der Waals surface area contributed by atoms with Gasteiger partial charge in [0.2, 0.25) is 5.89 Å². The Hall–Kier alpha value is -2.08. The molecule has 112 valence electrons. The van der Waals surface area contributed by atoms with Gasteiger partial charge >= 0.3 is 0 Å². The van der Waals surface area contributed by atoms with Crippen molar-refractivity contribution < 1.29 is 9.21 Å². The lowest BCUT2D eigenvalue weighted by Crippen LogP contribution is -2.28. The Kier molecular flexibility index (Phi) is 4.80. The Labute approximate surface area is 127 Å². The van der Waals surface area contributed by atoms with E-state index in [9.17, 15) is 4.79 Å². The van der Waals surface area contributed by atoms with E-state index in [1.165, 1.54) is 0 Å². The molecule has 21 heavy (non-hydrogen) atoms. The van der Waals surface area contributed by atoms with Gasteiger partial charge < -0.3 is 15.1 Å². The number of carbonyl (C=O) groups excluding carboxylic acids is 1. The molecule has 7 heteroatoms. The molecule has 2 aromatic heterocycles. The van der Waals surface area contributed by atoms with E-state index < -0.39 is 0 Å². The molecular formula is C14H17ClN4O2. The van der Waals surface area contributed by atoms with E-state index in [2.05, 4.69) is 20.6 Å². The third kappa shape index (κ3) is 3.72. The Morgan fingerprint density at radius 2 is 2.24 bits per heavy atom. The summed E-state index contributed by atoms with van der Waals surface area (Å²) in [6, 6.07) is 3.00. The van der Waals surface area contributed by atoms with E-state index in [1.54, 1.807) is 32.2 Å². The van der Waals surface area contributed by atoms with Crippen LogP contribution in [-0.2, 0) is 0 Å². The molecule has 0 aliphatic heterocycles. The molecular weight excluding hydrogens is 292 g/mol. The maximum absolute atomic E-state index is 12.3. The summed E-state index contributed by atoms with van der Waals surface area (Å²) in [4.78, 5) is 20.5. The molecule has 0 fully saturated rings. The van der Waals surface area contributed by atoms with Gasteiger partial charge in [0.1, 0.15) is 23.3 Å². The number of nitrogens with one attached hydrogen (secondary N) is 2. The zero-order valence-electron chi connectivity index (χ0n) is 12.1. The highest BCUT2D eigenvalue weighted by Crippen LogP contribution is 2.18. The molecule has 0 aromatic carbocycles. The van der Waals surface area contributed by atoms with Gasteiger partial charge in [0.25, 0.3) is 5.91 Å². The lowest BCUT2D eigenvalue weighted by Gasteiger charge is -2.12. The van der Waals surface area contributed by atoms with Crippen LogP contribution in [0.2, 0.25) is 5.02 Å². The van der Waals surface area contributed by atoms with Gasteiger partial charge in [0.05, 0.1) is 11.2 Å². The number of oxazole rings is 1. The number of rotatable bonds is 5. The number of hydrogen-bond acceptors (Lipinski definition) is 5. The van der Waals surface area contributed by atoms with Crippen molar-refractivity contribution in [3.63, 3.8) is 0 Å². The topological polar surface area (TPSA) is 80.0 Å². The lowest BCUT2D eigenvalue weighted by molar-refractivity contribution is 0.0929. The number of halogens is 1. The van der Waals surface area contributed by atoms with Crippen molar-refractivity contribution in [2.75, 3.05) is 11.9 Å². The van der Waals surface area contributed by atoms with Crippen LogP contribution in [0, 0.1) is 6.92 Å². The second-order valence-electron chi connectivity index (χ2n) is 4.56. The Bertz CT molecular complexity index is 642. The Morgan fingerprint density at radius 3 is 2.86 bits per heavy atom. The maximum atomic E-state index is 12.3. The summed E-state index contributed by atoms with van der Waals surface area (Å²) in [5.74, 6) is 1.37. The van der Waals surface area contributed by atoms with Gasteiger partial charge in [-0.25, -0.2) is 9.97 Å². The molecule has 0 bridgehead atoms. The smallest absolute Gasteiger partial charge is 0.272 e. The quantitative estimate of drug-likeness (QED) is 0.887. The molecule has 2 heterocycles. The van der Waals surface area contributed by atoms with Gasteiger partial charge in [0.15, 0.2) is 0 Å². The predicted molar refractivity (Wildman–Crippen MR) is 80.5 cm³/mol. The average Bonchev–Trinajstić information content (AvgIpc) is 2.88. The van der Waals surface area contributed by atoms with Crippen LogP contribution in [0.15, 0.2) is 22.7 Å². The lowest BCUT2D eigenvalue weighted by atomic mass is 10.3. The van der Waals surface area contributed by atoms with Crippen LogP contribution in [0.1, 0.15) is 42.0 Å². The van der Waals surface area contributed by atoms with Crippen molar-refractivity contribution in [2.45, 2.75) is 26.8 Å². The summed E-state index contributed by atoms with van der Waals surface area (Å²) in [5, 5.41) is 6.10. The fourth-order valence-corrected chi connectivity index (χ4v) is 1.97. The third-order valence-electron chi connectivity index (χ3n) is 2.78. The largest absolute Gasteiger partial charge is 0.444 e. The van der Waals surface area contributed by atoms with Gasteiger partial charge in [-0.1, -0.05) is 11.6 Å². The van der Waals surface area contributed by atoms with Crippen LogP contribution in [0.4, 0.5) is 5.82 Å². The third-order valence-corrected chi connectivity index (χ3v) is 3.08. The van der Waals surface area contributed by atoms with E-state index in [-0.39, 0.29) is 17.6 Å². The summed E-state index contributed by atoms with van der Waals surface area (Å²) in [6.45, 7) is 6.24. The molecule has 6 nitrogen and oxygen atoms in total. The highest BCUT2D eigenvalue weighted by molar-refractivity contribution is 6.33. The van der Waals surface area contributed by atoms with E-state index >= 15 is 0 Å². The first-order valence-electron chi connectivity index (χ1n) is 6.65. The molecule has 0 radical (unpaired) electrons. The minimum Gasteiger partial charge on any atom is -0.444 e. The Balaban J connectivity index is 2.14. The number of nitrogens with zero attached hydrogens (tertiary/aromatic N) is 2. The van der Waals surface area contributed by atoms with Crippen LogP contribution in [0.25, 0.3) is 0 Å². The summed E-state index contributed by atoms with van der Waals surface area (Å²) >= 11 is 6.03. The maximum Gasteiger partial charge on any atom is 0.272 e. The van der Waals surface area contributed by atoms with Crippen molar-refractivity contribution in [1.29, 1.82) is 0 Å². The number of amides is 1. The minimum atomic E-state index is -0.372. The zero-order valence-corrected chi connectivity index (χ0v) is 12.9. The van der Waals surface area contributed by atoms with Crippen LogP contribution in [-0.4, -0.2) is 22.4 Å². The monoisotopic (exact) mass is 308 g/mol. The number of hydrogen-bond donors (Lipinski definition) is 2. The van der Waals surface area contributed by atoms with Gasteiger partial charge in [-0.2, -0.15) is 0 Å². The second-order valence-corrected chi connectivity index (χ2v) is 4.97. The number of aryl methyl sites for hydroxylation is 1. The highest BCUT2D eigenvalue weighted by Gasteiger charge is 2.19. The average molecular weight is 309 g/mol. The van der Waals surface area contributed by atoms with Gasteiger partial charge in [0, 0.05) is 6.54 Å². The van der Waals surface area contributed by atoms with Gasteiger partial charge in [-0.3, -0.25) is 4.79 Å². The number of aromatic nitrogens is 2. The molecule has 2 rings (SSSR count). The molecule has 1 unspecified atom stereocenters. The van der Waals surface area contributed by atoms with Crippen LogP contribution >= 0.6 is 11.6 Å².